The van der Waals surface area contributed by atoms with Crippen LogP contribution in [-0.4, -0.2) is 49.4 Å². The summed E-state index contributed by atoms with van der Waals surface area (Å²) in [5, 5.41) is 2.03. The lowest BCUT2D eigenvalue weighted by atomic mass is 9.72. The number of nitrogens with one attached hydrogen (secondary N) is 1. The second-order valence-electron chi connectivity index (χ2n) is 7.75. The molecule has 4 rings (SSSR count). The van der Waals surface area contributed by atoms with Crippen LogP contribution in [0.3, 0.4) is 0 Å². The van der Waals surface area contributed by atoms with Gasteiger partial charge in [0.25, 0.3) is 0 Å². The van der Waals surface area contributed by atoms with Gasteiger partial charge in [-0.15, -0.1) is 0 Å². The highest BCUT2D eigenvalue weighted by Crippen LogP contribution is 2.46. The van der Waals surface area contributed by atoms with E-state index in [4.69, 9.17) is 11.6 Å². The summed E-state index contributed by atoms with van der Waals surface area (Å²) in [6.45, 7) is 4.07. The van der Waals surface area contributed by atoms with E-state index < -0.39 is 9.84 Å². The fourth-order valence-electron chi connectivity index (χ4n) is 5.04. The van der Waals surface area contributed by atoms with Crippen molar-refractivity contribution < 1.29 is 8.42 Å². The second-order valence-corrected chi connectivity index (χ2v) is 10.3. The minimum Gasteiger partial charge on any atom is -0.345 e. The molecule has 1 fully saturated rings. The zero-order chi connectivity index (χ0) is 17.8. The number of sulfone groups is 1. The van der Waals surface area contributed by atoms with Crippen LogP contribution in [0.1, 0.15) is 36.8 Å². The molecule has 1 aromatic carbocycles. The average Bonchev–Trinajstić information content (AvgIpc) is 2.84. The van der Waals surface area contributed by atoms with Gasteiger partial charge in [0.05, 0.1) is 5.75 Å². The molecule has 6 heteroatoms. The average molecular weight is 381 g/mol. The Morgan fingerprint density at radius 1 is 1.36 bits per heavy atom. The van der Waals surface area contributed by atoms with Gasteiger partial charge in [-0.05, 0) is 48.9 Å². The summed E-state index contributed by atoms with van der Waals surface area (Å²) in [6, 6.07) is 6.79. The van der Waals surface area contributed by atoms with E-state index in [0.29, 0.717) is 12.0 Å². The number of aromatic nitrogens is 1. The van der Waals surface area contributed by atoms with Gasteiger partial charge in [-0.3, -0.25) is 4.90 Å². The Hall–Kier alpha value is -1.04. The largest absolute Gasteiger partial charge is 0.345 e. The van der Waals surface area contributed by atoms with Crippen LogP contribution in [-0.2, 0) is 16.3 Å². The van der Waals surface area contributed by atoms with Crippen LogP contribution < -0.4 is 0 Å². The normalized spacial score (nSPS) is 26.8. The number of hydrogen-bond acceptors (Lipinski definition) is 3. The van der Waals surface area contributed by atoms with E-state index in [1.165, 1.54) is 22.8 Å². The van der Waals surface area contributed by atoms with Crippen LogP contribution in [0.4, 0.5) is 0 Å². The molecule has 1 aliphatic heterocycles. The molecule has 4 nitrogen and oxygen atoms in total. The van der Waals surface area contributed by atoms with Crippen LogP contribution >= 0.6 is 11.6 Å². The highest BCUT2D eigenvalue weighted by molar-refractivity contribution is 7.90. The maximum Gasteiger partial charge on any atom is 0.147 e. The number of likely N-dealkylation sites (tertiary alicyclic amines) is 1. The molecule has 136 valence electrons. The number of benzene rings is 1. The first-order valence-electron chi connectivity index (χ1n) is 9.08. The van der Waals surface area contributed by atoms with Crippen LogP contribution in [0.25, 0.3) is 10.9 Å². The lowest BCUT2D eigenvalue weighted by molar-refractivity contribution is 0.0921. The van der Waals surface area contributed by atoms with Gasteiger partial charge in [0.15, 0.2) is 0 Å². The van der Waals surface area contributed by atoms with Crippen molar-refractivity contribution >= 4 is 32.3 Å². The lowest BCUT2D eigenvalue weighted by Crippen LogP contribution is -2.51. The first-order valence-corrected chi connectivity index (χ1v) is 11.5. The monoisotopic (exact) mass is 380 g/mol. The number of halogens is 1. The van der Waals surface area contributed by atoms with Crippen LogP contribution in [0.2, 0.25) is 5.15 Å². The number of H-pyrrole nitrogens is 1. The summed E-state index contributed by atoms with van der Waals surface area (Å²) in [5.41, 5.74) is 3.67. The lowest BCUT2D eigenvalue weighted by Gasteiger charge is -2.47. The zero-order valence-corrected chi connectivity index (χ0v) is 16.3. The van der Waals surface area contributed by atoms with E-state index in [1.54, 1.807) is 0 Å². The van der Waals surface area contributed by atoms with Crippen LogP contribution in [0.5, 0.6) is 0 Å². The topological polar surface area (TPSA) is 53.2 Å². The van der Waals surface area contributed by atoms with Crippen molar-refractivity contribution in [3.8, 4) is 0 Å². The minimum atomic E-state index is -2.96. The van der Waals surface area contributed by atoms with Crippen molar-refractivity contribution in [1.82, 2.24) is 9.88 Å². The van der Waals surface area contributed by atoms with Gasteiger partial charge in [0.1, 0.15) is 15.0 Å². The molecule has 0 amide bonds. The summed E-state index contributed by atoms with van der Waals surface area (Å²) in [5.74, 6) is 0.872. The SMILES string of the molecule is CCCN1C[C@H](CS(C)(=O)=O)C[C@@H]2c3cccc4[nH]c(Cl)c(c34)C[C@H]21. The van der Waals surface area contributed by atoms with Crippen molar-refractivity contribution in [2.45, 2.75) is 38.1 Å². The Morgan fingerprint density at radius 2 is 2.16 bits per heavy atom. The molecule has 1 N–H and O–H groups in total. The zero-order valence-electron chi connectivity index (χ0n) is 14.8. The third-order valence-corrected chi connectivity index (χ3v) is 7.18. The van der Waals surface area contributed by atoms with Gasteiger partial charge >= 0.3 is 0 Å². The second kappa shape index (κ2) is 6.29. The molecule has 1 aromatic heterocycles. The Labute approximate surface area is 154 Å². The highest BCUT2D eigenvalue weighted by Gasteiger charge is 2.41. The highest BCUT2D eigenvalue weighted by atomic mass is 35.5. The molecule has 25 heavy (non-hydrogen) atoms. The van der Waals surface area contributed by atoms with Crippen molar-refractivity contribution in [2.24, 2.45) is 5.92 Å². The van der Waals surface area contributed by atoms with E-state index in [0.717, 1.165) is 43.0 Å². The van der Waals surface area contributed by atoms with Gasteiger partial charge in [-0.2, -0.15) is 0 Å². The van der Waals surface area contributed by atoms with E-state index in [9.17, 15) is 8.42 Å². The first kappa shape index (κ1) is 17.4. The quantitative estimate of drug-likeness (QED) is 0.881. The van der Waals surface area contributed by atoms with Gasteiger partial charge < -0.3 is 4.98 Å². The molecule has 0 bridgehead atoms. The van der Waals surface area contributed by atoms with Crippen LogP contribution in [0, 0.1) is 5.92 Å². The number of piperidine rings is 1. The molecule has 0 saturated carbocycles. The third kappa shape index (κ3) is 3.11. The fourth-order valence-corrected chi connectivity index (χ4v) is 6.41. The number of nitrogens with zero attached hydrogens (tertiary/aromatic N) is 1. The summed E-state index contributed by atoms with van der Waals surface area (Å²) in [4.78, 5) is 5.82. The molecule has 1 saturated heterocycles. The number of fused-ring (bicyclic) bond motifs is 2. The van der Waals surface area contributed by atoms with Gasteiger partial charge in [0, 0.05) is 35.7 Å². The fraction of sp³-hybridized carbons (Fsp3) is 0.579. The number of hydrogen-bond donors (Lipinski definition) is 1. The van der Waals surface area contributed by atoms with Gasteiger partial charge in [-0.1, -0.05) is 30.7 Å². The molecular weight excluding hydrogens is 356 g/mol. The molecule has 0 unspecified atom stereocenters. The van der Waals surface area contributed by atoms with Crippen molar-refractivity contribution in [3.05, 3.63) is 34.5 Å². The minimum absolute atomic E-state index is 0.203. The number of aromatic amines is 1. The predicted molar refractivity (Wildman–Crippen MR) is 103 cm³/mol. The summed E-state index contributed by atoms with van der Waals surface area (Å²) in [6.07, 6.45) is 4.33. The third-order valence-electron chi connectivity index (χ3n) is 5.78. The smallest absolute Gasteiger partial charge is 0.147 e. The van der Waals surface area contributed by atoms with Crippen molar-refractivity contribution in [2.75, 3.05) is 25.1 Å². The molecule has 3 atom stereocenters. The Bertz CT molecular complexity index is 906. The van der Waals surface area contributed by atoms with E-state index in [2.05, 4.69) is 35.0 Å². The maximum absolute atomic E-state index is 11.9. The molecule has 2 aromatic rings. The van der Waals surface area contributed by atoms with Crippen LogP contribution in [0.15, 0.2) is 18.2 Å². The Kier molecular flexibility index (Phi) is 4.37. The van der Waals surface area contributed by atoms with Gasteiger partial charge in [0.2, 0.25) is 0 Å². The standard InChI is InChI=1S/C19H25ClN2O2S/c1-3-7-22-10-12(11-25(2,23)24)8-14-13-5-4-6-16-18(13)15(9-17(14)22)19(20)21-16/h4-6,12,14,17,21H,3,7-11H2,1-2H3/t12-,14-,17-/m1/s1. The summed E-state index contributed by atoms with van der Waals surface area (Å²) in [7, 11) is -2.96. The first-order chi connectivity index (χ1) is 11.9. The Morgan fingerprint density at radius 3 is 2.88 bits per heavy atom. The maximum atomic E-state index is 11.9. The summed E-state index contributed by atoms with van der Waals surface area (Å²) >= 11 is 6.49. The molecular formula is C19H25ClN2O2S. The Balaban J connectivity index is 1.77. The van der Waals surface area contributed by atoms with E-state index >= 15 is 0 Å². The van der Waals surface area contributed by atoms with Crippen molar-refractivity contribution in [1.29, 1.82) is 0 Å². The predicted octanol–water partition coefficient (Wildman–Crippen LogP) is 3.61. The molecule has 2 heterocycles. The summed E-state index contributed by atoms with van der Waals surface area (Å²) < 4.78 is 23.8. The van der Waals surface area contributed by atoms with E-state index in [1.807, 2.05) is 0 Å². The molecule has 2 aliphatic rings. The number of rotatable bonds is 4. The van der Waals surface area contributed by atoms with Gasteiger partial charge in [-0.25, -0.2) is 8.42 Å². The van der Waals surface area contributed by atoms with E-state index in [-0.39, 0.29) is 11.7 Å². The van der Waals surface area contributed by atoms with Crippen molar-refractivity contribution in [3.63, 3.8) is 0 Å². The molecule has 1 aliphatic carbocycles. The molecule has 0 radical (unpaired) electrons. The molecule has 0 spiro atoms.